The molecule has 4 rings (SSSR count). The smallest absolute Gasteiger partial charge is 0.270 e. The number of likely N-dealkylation sites (tertiary alicyclic amines) is 1. The summed E-state index contributed by atoms with van der Waals surface area (Å²) in [4.78, 5) is 29.6. The van der Waals surface area contributed by atoms with E-state index < -0.39 is 5.60 Å². The van der Waals surface area contributed by atoms with Crippen LogP contribution in [0, 0.1) is 0 Å². The predicted molar refractivity (Wildman–Crippen MR) is 121 cm³/mol. The Hall–Kier alpha value is -2.86. The Morgan fingerprint density at radius 3 is 2.48 bits per heavy atom. The van der Waals surface area contributed by atoms with Gasteiger partial charge in [-0.25, -0.2) is 0 Å². The zero-order valence-corrected chi connectivity index (χ0v) is 18.3. The number of rotatable bonds is 6. The molecule has 0 aliphatic carbocycles. The molecule has 6 nitrogen and oxygen atoms in total. The first-order chi connectivity index (χ1) is 14.9. The van der Waals surface area contributed by atoms with Crippen molar-refractivity contribution in [2.45, 2.75) is 51.3 Å². The number of fused-ring (bicyclic) bond motifs is 1. The zero-order chi connectivity index (χ0) is 21.8. The number of carbonyl (C=O) groups excluding carboxylic acids is 2. The minimum Gasteiger partial charge on any atom is -0.476 e. The van der Waals surface area contributed by atoms with Crippen LogP contribution in [0.25, 0.3) is 0 Å². The van der Waals surface area contributed by atoms with Gasteiger partial charge in [0.2, 0.25) is 5.91 Å². The molecule has 0 atom stereocenters. The summed E-state index contributed by atoms with van der Waals surface area (Å²) in [7, 11) is 0. The maximum atomic E-state index is 12.9. The number of nitrogens with zero attached hydrogens (tertiary/aromatic N) is 2. The van der Waals surface area contributed by atoms with Crippen molar-refractivity contribution in [2.24, 2.45) is 0 Å². The van der Waals surface area contributed by atoms with Gasteiger partial charge in [0.05, 0.1) is 5.69 Å². The van der Waals surface area contributed by atoms with Crippen molar-refractivity contribution < 1.29 is 14.3 Å². The molecule has 1 fully saturated rings. The maximum absolute atomic E-state index is 12.9. The predicted octanol–water partition coefficient (Wildman–Crippen LogP) is 3.36. The van der Waals surface area contributed by atoms with E-state index in [2.05, 4.69) is 34.5 Å². The lowest BCUT2D eigenvalue weighted by atomic mass is 10.0. The van der Waals surface area contributed by atoms with Crippen LogP contribution >= 0.6 is 0 Å². The van der Waals surface area contributed by atoms with Crippen LogP contribution in [0.5, 0.6) is 5.75 Å². The summed E-state index contributed by atoms with van der Waals surface area (Å²) >= 11 is 0. The molecule has 1 N–H and O–H groups in total. The molecule has 2 aliphatic heterocycles. The first-order valence-corrected chi connectivity index (χ1v) is 11.1. The third kappa shape index (κ3) is 5.07. The Morgan fingerprint density at radius 1 is 1.06 bits per heavy atom. The second-order valence-electron chi connectivity index (χ2n) is 8.89. The number of anilines is 1. The first kappa shape index (κ1) is 21.4. The quantitative estimate of drug-likeness (QED) is 0.777. The topological polar surface area (TPSA) is 61.9 Å². The molecule has 2 aliphatic rings. The van der Waals surface area contributed by atoms with Crippen LogP contribution in [0.2, 0.25) is 0 Å². The van der Waals surface area contributed by atoms with Crippen molar-refractivity contribution in [2.75, 3.05) is 24.5 Å². The molecular formula is C25H31N3O3. The highest BCUT2D eigenvalue weighted by Gasteiger charge is 2.40. The number of carbonyl (C=O) groups is 2. The number of hydrogen-bond acceptors (Lipinski definition) is 4. The summed E-state index contributed by atoms with van der Waals surface area (Å²) in [6.07, 6.45) is 2.18. The molecule has 6 heteroatoms. The van der Waals surface area contributed by atoms with Crippen LogP contribution in [-0.2, 0) is 16.1 Å². The largest absolute Gasteiger partial charge is 0.476 e. The number of benzene rings is 2. The van der Waals surface area contributed by atoms with E-state index in [0.29, 0.717) is 12.3 Å². The van der Waals surface area contributed by atoms with Crippen molar-refractivity contribution in [3.63, 3.8) is 0 Å². The van der Waals surface area contributed by atoms with Crippen LogP contribution in [0.3, 0.4) is 0 Å². The fraction of sp³-hybridized carbons (Fsp3) is 0.440. The molecule has 0 radical (unpaired) electrons. The molecule has 0 aromatic heterocycles. The minimum atomic E-state index is -0.934. The van der Waals surface area contributed by atoms with Crippen LogP contribution in [-0.4, -0.2) is 48.0 Å². The van der Waals surface area contributed by atoms with E-state index in [1.54, 1.807) is 18.7 Å². The normalized spacial score (nSPS) is 18.9. The molecule has 2 aromatic carbocycles. The van der Waals surface area contributed by atoms with Crippen molar-refractivity contribution in [3.8, 4) is 5.75 Å². The monoisotopic (exact) mass is 421 g/mol. The highest BCUT2D eigenvalue weighted by atomic mass is 16.5. The molecule has 0 saturated carbocycles. The van der Waals surface area contributed by atoms with Gasteiger partial charge in [-0.2, -0.15) is 0 Å². The van der Waals surface area contributed by atoms with Crippen molar-refractivity contribution >= 4 is 17.5 Å². The highest BCUT2D eigenvalue weighted by Crippen LogP contribution is 2.37. The number of ether oxygens (including phenoxy) is 1. The lowest BCUT2D eigenvalue weighted by Crippen LogP contribution is -2.53. The van der Waals surface area contributed by atoms with E-state index >= 15 is 0 Å². The Labute approximate surface area is 184 Å². The summed E-state index contributed by atoms with van der Waals surface area (Å²) in [6.45, 7) is 6.78. The number of amides is 2. The average molecular weight is 422 g/mol. The van der Waals surface area contributed by atoms with E-state index in [1.165, 1.54) is 5.56 Å². The molecule has 1 saturated heterocycles. The molecule has 0 bridgehead atoms. The molecular weight excluding hydrogens is 390 g/mol. The van der Waals surface area contributed by atoms with Crippen LogP contribution in [0.4, 0.5) is 5.69 Å². The molecule has 0 spiro atoms. The lowest BCUT2D eigenvalue weighted by molar-refractivity contribution is -0.132. The van der Waals surface area contributed by atoms with Gasteiger partial charge in [0.1, 0.15) is 5.75 Å². The molecule has 2 heterocycles. The lowest BCUT2D eigenvalue weighted by Gasteiger charge is -2.38. The van der Waals surface area contributed by atoms with Gasteiger partial charge in [-0.1, -0.05) is 42.5 Å². The molecule has 2 amide bonds. The highest BCUT2D eigenvalue weighted by molar-refractivity contribution is 6.02. The third-order valence-electron chi connectivity index (χ3n) is 6.05. The molecule has 164 valence electrons. The van der Waals surface area contributed by atoms with E-state index in [4.69, 9.17) is 4.74 Å². The Morgan fingerprint density at radius 2 is 1.74 bits per heavy atom. The van der Waals surface area contributed by atoms with Gasteiger partial charge < -0.3 is 15.0 Å². The summed E-state index contributed by atoms with van der Waals surface area (Å²) in [5.41, 5.74) is 1.12. The first-order valence-electron chi connectivity index (χ1n) is 11.1. The summed E-state index contributed by atoms with van der Waals surface area (Å²) in [5.74, 6) is 0.558. The van der Waals surface area contributed by atoms with Gasteiger partial charge >= 0.3 is 0 Å². The summed E-state index contributed by atoms with van der Waals surface area (Å²) in [6, 6.07) is 18.2. The standard InChI is InChI=1S/C25H31N3O3/c1-25(2)24(30)28(21-10-6-7-11-22(21)31-25)17-14-23(29)26-20-12-15-27(16-13-20)18-19-8-4-3-5-9-19/h3-11,20H,12-18H2,1-2H3,(H,26,29). The van der Waals surface area contributed by atoms with Crippen LogP contribution in [0.15, 0.2) is 54.6 Å². The summed E-state index contributed by atoms with van der Waals surface area (Å²) in [5, 5.41) is 3.17. The Bertz CT molecular complexity index is 921. The molecule has 0 unspecified atom stereocenters. The van der Waals surface area contributed by atoms with Crippen LogP contribution < -0.4 is 15.0 Å². The second kappa shape index (κ2) is 9.10. The van der Waals surface area contributed by atoms with Gasteiger partial charge in [0.15, 0.2) is 5.60 Å². The van der Waals surface area contributed by atoms with Gasteiger partial charge in [-0.15, -0.1) is 0 Å². The van der Waals surface area contributed by atoms with Gasteiger partial charge in [-0.3, -0.25) is 14.5 Å². The molecule has 31 heavy (non-hydrogen) atoms. The minimum absolute atomic E-state index is 0.00362. The van der Waals surface area contributed by atoms with E-state index in [1.807, 2.05) is 30.3 Å². The SMILES string of the molecule is CC1(C)Oc2ccccc2N(CCC(=O)NC2CCN(Cc3ccccc3)CC2)C1=O. The van der Waals surface area contributed by atoms with Gasteiger partial charge in [0.25, 0.3) is 5.91 Å². The fourth-order valence-corrected chi connectivity index (χ4v) is 4.33. The fourth-order valence-electron chi connectivity index (χ4n) is 4.33. The molecule has 2 aromatic rings. The van der Waals surface area contributed by atoms with E-state index in [-0.39, 0.29) is 24.3 Å². The van der Waals surface area contributed by atoms with Gasteiger partial charge in [0, 0.05) is 38.6 Å². The van der Waals surface area contributed by atoms with Gasteiger partial charge in [-0.05, 0) is 44.4 Å². The average Bonchev–Trinajstić information content (AvgIpc) is 2.76. The van der Waals surface area contributed by atoms with Crippen molar-refractivity contribution in [1.29, 1.82) is 0 Å². The van der Waals surface area contributed by atoms with E-state index in [9.17, 15) is 9.59 Å². The van der Waals surface area contributed by atoms with Crippen molar-refractivity contribution in [3.05, 3.63) is 60.2 Å². The van der Waals surface area contributed by atoms with Crippen LogP contribution in [0.1, 0.15) is 38.7 Å². The number of nitrogens with one attached hydrogen (secondary N) is 1. The maximum Gasteiger partial charge on any atom is 0.270 e. The number of piperidine rings is 1. The third-order valence-corrected chi connectivity index (χ3v) is 6.05. The van der Waals surface area contributed by atoms with Crippen molar-refractivity contribution in [1.82, 2.24) is 10.2 Å². The Kier molecular flexibility index (Phi) is 6.28. The number of hydrogen-bond donors (Lipinski definition) is 1. The zero-order valence-electron chi connectivity index (χ0n) is 18.3. The second-order valence-corrected chi connectivity index (χ2v) is 8.89. The summed E-state index contributed by atoms with van der Waals surface area (Å²) < 4.78 is 5.85. The van der Waals surface area contributed by atoms with E-state index in [0.717, 1.165) is 38.2 Å². The Balaban J connectivity index is 1.27. The number of para-hydroxylation sites is 2.